The first-order chi connectivity index (χ1) is 13.4. The lowest BCUT2D eigenvalue weighted by Crippen LogP contribution is -2.37. The summed E-state index contributed by atoms with van der Waals surface area (Å²) in [6.07, 6.45) is 7.57. The van der Waals surface area contributed by atoms with Crippen LogP contribution in [-0.4, -0.2) is 72.2 Å². The summed E-state index contributed by atoms with van der Waals surface area (Å²) in [5, 5.41) is 0. The third-order valence-electron chi connectivity index (χ3n) is 5.59. The molecule has 28 heavy (non-hydrogen) atoms. The zero-order valence-electron chi connectivity index (χ0n) is 18.3. The predicted molar refractivity (Wildman–Crippen MR) is 115 cm³/mol. The van der Waals surface area contributed by atoms with Crippen LogP contribution < -0.4 is 9.80 Å². The molecular weight excluding hydrogens is 350 g/mol. The second kappa shape index (κ2) is 8.90. The van der Waals surface area contributed by atoms with Crippen LogP contribution in [0.15, 0.2) is 12.4 Å². The summed E-state index contributed by atoms with van der Waals surface area (Å²) >= 11 is 0. The summed E-state index contributed by atoms with van der Waals surface area (Å²) < 4.78 is 2.35. The average molecular weight is 386 g/mol. The Kier molecular flexibility index (Phi) is 6.54. The molecule has 0 radical (unpaired) electrons. The summed E-state index contributed by atoms with van der Waals surface area (Å²) in [4.78, 5) is 20.9. The summed E-state index contributed by atoms with van der Waals surface area (Å²) in [6.45, 7) is 8.35. The highest BCUT2D eigenvalue weighted by Crippen LogP contribution is 2.31. The number of anilines is 2. The van der Waals surface area contributed by atoms with Crippen LogP contribution in [0.2, 0.25) is 0 Å². The van der Waals surface area contributed by atoms with E-state index in [1.807, 2.05) is 25.2 Å². The fraction of sp³-hybridized carbons (Fsp3) is 0.667. The number of aryl methyl sites for hydroxylation is 2. The van der Waals surface area contributed by atoms with Crippen LogP contribution in [0.3, 0.4) is 0 Å². The molecule has 1 aliphatic rings. The Morgan fingerprint density at radius 3 is 2.64 bits per heavy atom. The van der Waals surface area contributed by atoms with E-state index in [1.54, 1.807) is 0 Å². The molecule has 0 aromatic carbocycles. The van der Waals surface area contributed by atoms with Crippen molar-refractivity contribution in [3.05, 3.63) is 29.5 Å². The largest absolute Gasteiger partial charge is 0.355 e. The Hall–Kier alpha value is -2.15. The molecule has 2 aromatic heterocycles. The number of hydrogen-bond acceptors (Lipinski definition) is 6. The molecule has 1 atom stereocenters. The molecule has 2 aromatic rings. The Morgan fingerprint density at radius 2 is 1.93 bits per heavy atom. The first kappa shape index (κ1) is 20.6. The first-order valence-corrected chi connectivity index (χ1v) is 10.3. The molecule has 0 bridgehead atoms. The monoisotopic (exact) mass is 385 g/mol. The normalized spacial score (nSPS) is 17.4. The SMILES string of the molecule is Cc1nc(N(C)C)nc(N2CCC[C@@H](c3nccn3CCCN(C)C)C2)c1C. The summed E-state index contributed by atoms with van der Waals surface area (Å²) in [5.41, 5.74) is 2.24. The quantitative estimate of drug-likeness (QED) is 0.730. The van der Waals surface area contributed by atoms with Gasteiger partial charge in [-0.25, -0.2) is 9.97 Å². The van der Waals surface area contributed by atoms with E-state index in [-0.39, 0.29) is 0 Å². The molecule has 1 fully saturated rings. The van der Waals surface area contributed by atoms with E-state index in [0.717, 1.165) is 56.5 Å². The van der Waals surface area contributed by atoms with Gasteiger partial charge in [-0.3, -0.25) is 0 Å². The Labute approximate surface area is 169 Å². The van der Waals surface area contributed by atoms with Crippen LogP contribution in [-0.2, 0) is 6.54 Å². The maximum Gasteiger partial charge on any atom is 0.227 e. The molecule has 0 unspecified atom stereocenters. The van der Waals surface area contributed by atoms with Crippen LogP contribution in [0.5, 0.6) is 0 Å². The Bertz CT molecular complexity index is 781. The molecule has 0 N–H and O–H groups in total. The minimum atomic E-state index is 0.445. The smallest absolute Gasteiger partial charge is 0.227 e. The number of aromatic nitrogens is 4. The minimum absolute atomic E-state index is 0.445. The van der Waals surface area contributed by atoms with Crippen molar-refractivity contribution in [1.82, 2.24) is 24.4 Å². The summed E-state index contributed by atoms with van der Waals surface area (Å²) in [6, 6.07) is 0. The molecule has 7 heteroatoms. The van der Waals surface area contributed by atoms with Crippen molar-refractivity contribution in [3.63, 3.8) is 0 Å². The molecule has 0 saturated carbocycles. The van der Waals surface area contributed by atoms with Gasteiger partial charge < -0.3 is 19.3 Å². The van der Waals surface area contributed by atoms with Gasteiger partial charge in [-0.15, -0.1) is 0 Å². The molecule has 154 valence electrons. The third-order valence-corrected chi connectivity index (χ3v) is 5.59. The van der Waals surface area contributed by atoms with Crippen molar-refractivity contribution in [2.75, 3.05) is 57.6 Å². The molecule has 7 nitrogen and oxygen atoms in total. The number of imidazole rings is 1. The molecule has 1 aliphatic heterocycles. The number of hydrogen-bond donors (Lipinski definition) is 0. The maximum atomic E-state index is 4.87. The van der Waals surface area contributed by atoms with Crippen LogP contribution in [0.1, 0.15) is 42.3 Å². The van der Waals surface area contributed by atoms with Gasteiger partial charge in [0.2, 0.25) is 5.95 Å². The average Bonchev–Trinajstić information content (AvgIpc) is 3.12. The van der Waals surface area contributed by atoms with E-state index in [2.05, 4.69) is 53.5 Å². The van der Waals surface area contributed by atoms with Crippen molar-refractivity contribution in [3.8, 4) is 0 Å². The highest BCUT2D eigenvalue weighted by molar-refractivity contribution is 5.52. The molecule has 0 spiro atoms. The second-order valence-corrected chi connectivity index (χ2v) is 8.37. The number of rotatable bonds is 7. The van der Waals surface area contributed by atoms with Crippen LogP contribution in [0.25, 0.3) is 0 Å². The lowest BCUT2D eigenvalue weighted by atomic mass is 9.96. The van der Waals surface area contributed by atoms with Gasteiger partial charge >= 0.3 is 0 Å². The molecule has 3 heterocycles. The van der Waals surface area contributed by atoms with E-state index < -0.39 is 0 Å². The Balaban J connectivity index is 1.78. The second-order valence-electron chi connectivity index (χ2n) is 8.37. The van der Waals surface area contributed by atoms with Gasteiger partial charge in [0, 0.05) is 63.3 Å². The van der Waals surface area contributed by atoms with E-state index >= 15 is 0 Å². The van der Waals surface area contributed by atoms with Crippen molar-refractivity contribution >= 4 is 11.8 Å². The maximum absolute atomic E-state index is 4.87. The van der Waals surface area contributed by atoms with E-state index in [0.29, 0.717) is 5.92 Å². The van der Waals surface area contributed by atoms with Gasteiger partial charge in [0.15, 0.2) is 0 Å². The predicted octanol–water partition coefficient (Wildman–Crippen LogP) is 2.69. The van der Waals surface area contributed by atoms with Gasteiger partial charge in [0.1, 0.15) is 11.6 Å². The zero-order chi connectivity index (χ0) is 20.3. The van der Waals surface area contributed by atoms with E-state index in [4.69, 9.17) is 9.97 Å². The topological polar surface area (TPSA) is 53.3 Å². The van der Waals surface area contributed by atoms with Crippen molar-refractivity contribution < 1.29 is 0 Å². The van der Waals surface area contributed by atoms with Crippen LogP contribution >= 0.6 is 0 Å². The zero-order valence-corrected chi connectivity index (χ0v) is 18.3. The molecule has 1 saturated heterocycles. The van der Waals surface area contributed by atoms with Gasteiger partial charge in [0.05, 0.1) is 0 Å². The highest BCUT2D eigenvalue weighted by atomic mass is 15.3. The molecular formula is C21H35N7. The van der Waals surface area contributed by atoms with Gasteiger partial charge in [-0.05, 0) is 53.8 Å². The summed E-state index contributed by atoms with van der Waals surface area (Å²) in [5.74, 6) is 3.53. The lowest BCUT2D eigenvalue weighted by Gasteiger charge is -2.35. The highest BCUT2D eigenvalue weighted by Gasteiger charge is 2.27. The van der Waals surface area contributed by atoms with Crippen LogP contribution in [0.4, 0.5) is 11.8 Å². The van der Waals surface area contributed by atoms with E-state index in [9.17, 15) is 0 Å². The van der Waals surface area contributed by atoms with E-state index in [1.165, 1.54) is 17.8 Å². The first-order valence-electron chi connectivity index (χ1n) is 10.3. The number of piperidine rings is 1. The Morgan fingerprint density at radius 1 is 1.14 bits per heavy atom. The third kappa shape index (κ3) is 4.63. The van der Waals surface area contributed by atoms with Gasteiger partial charge in [-0.2, -0.15) is 4.98 Å². The fourth-order valence-electron chi connectivity index (χ4n) is 3.91. The van der Waals surface area contributed by atoms with Crippen molar-refractivity contribution in [2.45, 2.75) is 45.6 Å². The van der Waals surface area contributed by atoms with Crippen molar-refractivity contribution in [1.29, 1.82) is 0 Å². The lowest BCUT2D eigenvalue weighted by molar-refractivity contribution is 0.380. The molecule has 0 amide bonds. The number of nitrogens with zero attached hydrogens (tertiary/aromatic N) is 7. The van der Waals surface area contributed by atoms with Crippen LogP contribution in [0, 0.1) is 13.8 Å². The standard InChI is InChI=1S/C21H35N7/c1-16-17(2)23-21(26(5)6)24-19(16)28-12-7-9-18(15-28)20-22-10-14-27(20)13-8-11-25(3)4/h10,14,18H,7-9,11-13,15H2,1-6H3/t18-/m1/s1. The summed E-state index contributed by atoms with van der Waals surface area (Å²) in [7, 11) is 8.25. The van der Waals surface area contributed by atoms with Gasteiger partial charge in [-0.1, -0.05) is 0 Å². The molecule has 0 aliphatic carbocycles. The van der Waals surface area contributed by atoms with Crippen molar-refractivity contribution in [2.24, 2.45) is 0 Å². The minimum Gasteiger partial charge on any atom is -0.355 e. The fourth-order valence-corrected chi connectivity index (χ4v) is 3.91. The van der Waals surface area contributed by atoms with Gasteiger partial charge in [0.25, 0.3) is 0 Å². The molecule has 3 rings (SSSR count).